The zero-order valence-electron chi connectivity index (χ0n) is 15.3. The molecule has 2 N–H and O–H groups in total. The molecule has 0 spiro atoms. The van der Waals surface area contributed by atoms with E-state index in [2.05, 4.69) is 10.6 Å². The Morgan fingerprint density at radius 3 is 1.81 bits per heavy atom. The second kappa shape index (κ2) is 10.4. The molecular weight excluding hydrogens is 350 g/mol. The van der Waals surface area contributed by atoms with Crippen molar-refractivity contribution in [3.63, 3.8) is 0 Å². The Morgan fingerprint density at radius 2 is 1.33 bits per heavy atom. The van der Waals surface area contributed by atoms with Gasteiger partial charge in [0, 0.05) is 12.6 Å². The maximum absolute atomic E-state index is 12.9. The number of carbonyl (C=O) groups is 2. The third-order valence-electron chi connectivity index (χ3n) is 4.10. The lowest BCUT2D eigenvalue weighted by atomic mass is 10.1. The van der Waals surface area contributed by atoms with E-state index < -0.39 is 0 Å². The first-order chi connectivity index (χ1) is 13.0. The molecule has 2 aromatic rings. The Bertz CT molecular complexity index is 746. The van der Waals surface area contributed by atoms with Gasteiger partial charge in [0.05, 0.1) is 12.8 Å². The smallest absolute Gasteiger partial charge is 0.224 e. The van der Waals surface area contributed by atoms with Crippen LogP contribution < -0.4 is 10.6 Å². The minimum Gasteiger partial charge on any atom is -0.354 e. The summed E-state index contributed by atoms with van der Waals surface area (Å²) in [5, 5.41) is 5.72. The van der Waals surface area contributed by atoms with Crippen molar-refractivity contribution in [1.29, 1.82) is 0 Å². The Labute approximate surface area is 158 Å². The van der Waals surface area contributed by atoms with E-state index in [0.717, 1.165) is 24.0 Å². The molecular formula is C21H24F2N2O2. The summed E-state index contributed by atoms with van der Waals surface area (Å²) in [6.07, 6.45) is 1.90. The van der Waals surface area contributed by atoms with Crippen LogP contribution in [0.15, 0.2) is 48.5 Å². The Hall–Kier alpha value is -2.76. The predicted octanol–water partition coefficient (Wildman–Crippen LogP) is 3.15. The van der Waals surface area contributed by atoms with Crippen molar-refractivity contribution in [3.05, 3.63) is 71.3 Å². The van der Waals surface area contributed by atoms with Crippen molar-refractivity contribution in [1.82, 2.24) is 10.6 Å². The van der Waals surface area contributed by atoms with E-state index in [4.69, 9.17) is 0 Å². The highest BCUT2D eigenvalue weighted by atomic mass is 19.1. The minimum absolute atomic E-state index is 0.155. The van der Waals surface area contributed by atoms with E-state index in [1.807, 2.05) is 6.92 Å². The minimum atomic E-state index is -0.342. The van der Waals surface area contributed by atoms with Crippen molar-refractivity contribution in [2.24, 2.45) is 0 Å². The molecule has 144 valence electrons. The summed E-state index contributed by atoms with van der Waals surface area (Å²) in [7, 11) is 0. The standard InChI is InChI=1S/C21H24F2N2O2/c1-2-3-19(25-21(27)13-16-6-10-18(23)11-7-16)14-24-20(26)12-15-4-8-17(22)9-5-15/h4-11,19H,2-3,12-14H2,1H3,(H,24,26)(H,25,27). The van der Waals surface area contributed by atoms with E-state index in [0.29, 0.717) is 6.54 Å². The SMILES string of the molecule is CCCC(CNC(=O)Cc1ccc(F)cc1)NC(=O)Cc1ccc(F)cc1. The van der Waals surface area contributed by atoms with Crippen molar-refractivity contribution in [2.45, 2.75) is 38.6 Å². The van der Waals surface area contributed by atoms with Crippen LogP contribution in [-0.2, 0) is 22.4 Å². The number of amides is 2. The molecule has 6 heteroatoms. The van der Waals surface area contributed by atoms with Crippen LogP contribution in [0.2, 0.25) is 0 Å². The van der Waals surface area contributed by atoms with Crippen LogP contribution in [0, 0.1) is 11.6 Å². The molecule has 0 saturated heterocycles. The molecule has 0 aliphatic rings. The van der Waals surface area contributed by atoms with Crippen molar-refractivity contribution in [3.8, 4) is 0 Å². The van der Waals surface area contributed by atoms with Gasteiger partial charge in [-0.1, -0.05) is 37.6 Å². The van der Waals surface area contributed by atoms with Gasteiger partial charge in [-0.05, 0) is 41.8 Å². The van der Waals surface area contributed by atoms with Gasteiger partial charge < -0.3 is 10.6 Å². The van der Waals surface area contributed by atoms with Gasteiger partial charge in [0.2, 0.25) is 11.8 Å². The van der Waals surface area contributed by atoms with Gasteiger partial charge >= 0.3 is 0 Å². The van der Waals surface area contributed by atoms with Crippen LogP contribution >= 0.6 is 0 Å². The highest BCUT2D eigenvalue weighted by molar-refractivity contribution is 5.80. The molecule has 0 aliphatic carbocycles. The second-order valence-corrected chi connectivity index (χ2v) is 6.46. The van der Waals surface area contributed by atoms with Gasteiger partial charge in [-0.25, -0.2) is 8.78 Å². The van der Waals surface area contributed by atoms with Crippen LogP contribution in [0.4, 0.5) is 8.78 Å². The summed E-state index contributed by atoms with van der Waals surface area (Å²) in [5.74, 6) is -1.04. The fraction of sp³-hybridized carbons (Fsp3) is 0.333. The summed E-state index contributed by atoms with van der Waals surface area (Å²) in [6.45, 7) is 2.32. The Balaban J connectivity index is 1.81. The van der Waals surface area contributed by atoms with Gasteiger partial charge in [-0.3, -0.25) is 9.59 Å². The molecule has 27 heavy (non-hydrogen) atoms. The monoisotopic (exact) mass is 374 g/mol. The summed E-state index contributed by atoms with van der Waals surface area (Å²) >= 11 is 0. The first kappa shape index (κ1) is 20.6. The van der Waals surface area contributed by atoms with Crippen LogP contribution in [-0.4, -0.2) is 24.4 Å². The van der Waals surface area contributed by atoms with Gasteiger partial charge in [0.25, 0.3) is 0 Å². The average molecular weight is 374 g/mol. The largest absolute Gasteiger partial charge is 0.354 e. The summed E-state index contributed by atoms with van der Waals surface area (Å²) in [6, 6.07) is 11.4. The molecule has 2 aromatic carbocycles. The van der Waals surface area contributed by atoms with E-state index in [1.54, 1.807) is 24.3 Å². The number of rotatable bonds is 9. The molecule has 0 aromatic heterocycles. The molecule has 0 saturated carbocycles. The summed E-state index contributed by atoms with van der Waals surface area (Å²) in [4.78, 5) is 24.3. The van der Waals surface area contributed by atoms with E-state index in [1.165, 1.54) is 24.3 Å². The Morgan fingerprint density at radius 1 is 0.852 bits per heavy atom. The molecule has 2 rings (SSSR count). The number of benzene rings is 2. The number of halogens is 2. The van der Waals surface area contributed by atoms with E-state index >= 15 is 0 Å². The molecule has 1 unspecified atom stereocenters. The van der Waals surface area contributed by atoms with Gasteiger partial charge in [0.15, 0.2) is 0 Å². The first-order valence-corrected chi connectivity index (χ1v) is 9.01. The number of nitrogens with one attached hydrogen (secondary N) is 2. The lowest BCUT2D eigenvalue weighted by molar-refractivity contribution is -0.123. The zero-order valence-corrected chi connectivity index (χ0v) is 15.3. The number of hydrogen-bond acceptors (Lipinski definition) is 2. The molecule has 0 fully saturated rings. The fourth-order valence-corrected chi connectivity index (χ4v) is 2.73. The highest BCUT2D eigenvalue weighted by Gasteiger charge is 2.14. The maximum Gasteiger partial charge on any atom is 0.224 e. The predicted molar refractivity (Wildman–Crippen MR) is 100 cm³/mol. The Kier molecular flexibility index (Phi) is 7.92. The average Bonchev–Trinajstić information content (AvgIpc) is 2.64. The third kappa shape index (κ3) is 7.56. The molecule has 0 radical (unpaired) electrons. The van der Waals surface area contributed by atoms with E-state index in [-0.39, 0.29) is 42.3 Å². The van der Waals surface area contributed by atoms with Crippen LogP contribution in [0.5, 0.6) is 0 Å². The fourth-order valence-electron chi connectivity index (χ4n) is 2.73. The zero-order chi connectivity index (χ0) is 19.6. The topological polar surface area (TPSA) is 58.2 Å². The first-order valence-electron chi connectivity index (χ1n) is 9.01. The highest BCUT2D eigenvalue weighted by Crippen LogP contribution is 2.05. The second-order valence-electron chi connectivity index (χ2n) is 6.46. The van der Waals surface area contributed by atoms with Gasteiger partial charge in [-0.2, -0.15) is 0 Å². The van der Waals surface area contributed by atoms with E-state index in [9.17, 15) is 18.4 Å². The third-order valence-corrected chi connectivity index (χ3v) is 4.10. The van der Waals surface area contributed by atoms with Gasteiger partial charge in [0.1, 0.15) is 11.6 Å². The lowest BCUT2D eigenvalue weighted by Crippen LogP contribution is -2.44. The number of carbonyl (C=O) groups excluding carboxylic acids is 2. The molecule has 4 nitrogen and oxygen atoms in total. The van der Waals surface area contributed by atoms with Crippen molar-refractivity contribution < 1.29 is 18.4 Å². The van der Waals surface area contributed by atoms with Crippen molar-refractivity contribution >= 4 is 11.8 Å². The van der Waals surface area contributed by atoms with Crippen molar-refractivity contribution in [2.75, 3.05) is 6.54 Å². The van der Waals surface area contributed by atoms with Crippen LogP contribution in [0.1, 0.15) is 30.9 Å². The maximum atomic E-state index is 12.9. The molecule has 2 amide bonds. The lowest BCUT2D eigenvalue weighted by Gasteiger charge is -2.19. The summed E-state index contributed by atoms with van der Waals surface area (Å²) in [5.41, 5.74) is 1.45. The summed E-state index contributed by atoms with van der Waals surface area (Å²) < 4.78 is 25.8. The normalized spacial score (nSPS) is 11.7. The van der Waals surface area contributed by atoms with Crippen LogP contribution in [0.25, 0.3) is 0 Å². The molecule has 0 heterocycles. The molecule has 0 aliphatic heterocycles. The quantitative estimate of drug-likeness (QED) is 0.708. The van der Waals surface area contributed by atoms with Crippen LogP contribution in [0.3, 0.4) is 0 Å². The molecule has 1 atom stereocenters. The molecule has 0 bridgehead atoms. The number of hydrogen-bond donors (Lipinski definition) is 2. The van der Waals surface area contributed by atoms with Gasteiger partial charge in [-0.15, -0.1) is 0 Å².